The summed E-state index contributed by atoms with van der Waals surface area (Å²) in [5, 5.41) is 7.21. The maximum absolute atomic E-state index is 12.8. The van der Waals surface area contributed by atoms with Crippen LogP contribution in [0.25, 0.3) is 11.5 Å². The van der Waals surface area contributed by atoms with Crippen molar-refractivity contribution in [3.05, 3.63) is 30.0 Å². The molecular formula is C13H15FN4O. The Morgan fingerprint density at radius 3 is 3.00 bits per heavy atom. The molecule has 1 aliphatic rings. The van der Waals surface area contributed by atoms with Gasteiger partial charge in [-0.3, -0.25) is 0 Å². The van der Waals surface area contributed by atoms with Crippen LogP contribution in [0.5, 0.6) is 0 Å². The Labute approximate surface area is 110 Å². The predicted octanol–water partition coefficient (Wildman–Crippen LogP) is 2.13. The lowest BCUT2D eigenvalue weighted by molar-refractivity contribution is 0.335. The van der Waals surface area contributed by atoms with E-state index in [0.29, 0.717) is 23.5 Å². The molecule has 1 aliphatic carbocycles. The zero-order valence-electron chi connectivity index (χ0n) is 10.6. The number of hydrogen-bond acceptors (Lipinski definition) is 5. The van der Waals surface area contributed by atoms with E-state index in [2.05, 4.69) is 20.4 Å². The molecule has 100 valence electrons. The van der Waals surface area contributed by atoms with E-state index in [1.807, 2.05) is 7.05 Å². The first-order valence-corrected chi connectivity index (χ1v) is 6.40. The van der Waals surface area contributed by atoms with Gasteiger partial charge in [-0.25, -0.2) is 9.37 Å². The molecular weight excluding hydrogens is 247 g/mol. The van der Waals surface area contributed by atoms with Crippen molar-refractivity contribution in [2.75, 3.05) is 7.05 Å². The molecule has 5 nitrogen and oxygen atoms in total. The second-order valence-electron chi connectivity index (χ2n) is 4.75. The Hall–Kier alpha value is -1.82. The third kappa shape index (κ3) is 2.35. The average molecular weight is 262 g/mol. The van der Waals surface area contributed by atoms with Crippen LogP contribution in [0.4, 0.5) is 4.39 Å². The van der Waals surface area contributed by atoms with Crippen molar-refractivity contribution in [2.45, 2.75) is 31.2 Å². The maximum Gasteiger partial charge on any atom is 0.231 e. The Balaban J connectivity index is 1.85. The van der Waals surface area contributed by atoms with E-state index in [1.165, 1.54) is 6.07 Å². The van der Waals surface area contributed by atoms with Gasteiger partial charge >= 0.3 is 0 Å². The van der Waals surface area contributed by atoms with Crippen LogP contribution in [0.1, 0.15) is 31.1 Å². The summed E-state index contributed by atoms with van der Waals surface area (Å²) in [5.41, 5.74) is 0.524. The number of likely N-dealkylation sites (N-methyl/N-ethyl adjacent to an activating group) is 1. The fourth-order valence-corrected chi connectivity index (χ4v) is 2.60. The normalized spacial score (nSPS) is 22.8. The summed E-state index contributed by atoms with van der Waals surface area (Å²) in [6.07, 6.45) is 4.47. The van der Waals surface area contributed by atoms with Gasteiger partial charge in [-0.15, -0.1) is 0 Å². The monoisotopic (exact) mass is 262 g/mol. The molecule has 0 spiro atoms. The van der Waals surface area contributed by atoms with Crippen LogP contribution in [0.3, 0.4) is 0 Å². The topological polar surface area (TPSA) is 63.8 Å². The second-order valence-corrected chi connectivity index (χ2v) is 4.75. The highest BCUT2D eigenvalue weighted by molar-refractivity contribution is 5.47. The number of halogens is 1. The van der Waals surface area contributed by atoms with Gasteiger partial charge in [0.15, 0.2) is 0 Å². The number of hydrogen-bond donors (Lipinski definition) is 1. The molecule has 0 bridgehead atoms. The molecule has 2 aromatic heterocycles. The van der Waals surface area contributed by atoms with E-state index < -0.39 is 0 Å². The zero-order chi connectivity index (χ0) is 13.2. The molecule has 2 aromatic rings. The van der Waals surface area contributed by atoms with Gasteiger partial charge in [0.05, 0.1) is 12.1 Å². The molecule has 2 atom stereocenters. The standard InChI is InChI=1S/C13H15FN4O/c1-15-10-4-2-3-9(10)13-17-12(18-19-13)11-6-5-8(14)7-16-11/h5-7,9-10,15H,2-4H2,1H3. The lowest BCUT2D eigenvalue weighted by atomic mass is 10.0. The first kappa shape index (κ1) is 12.2. The average Bonchev–Trinajstić information content (AvgIpc) is 3.07. The van der Waals surface area contributed by atoms with Gasteiger partial charge in [-0.2, -0.15) is 4.98 Å². The molecule has 0 saturated heterocycles. The molecule has 0 aliphatic heterocycles. The lowest BCUT2D eigenvalue weighted by Gasteiger charge is -2.14. The minimum absolute atomic E-state index is 0.256. The van der Waals surface area contributed by atoms with Gasteiger partial charge in [-0.1, -0.05) is 11.6 Å². The Morgan fingerprint density at radius 1 is 1.37 bits per heavy atom. The molecule has 2 heterocycles. The van der Waals surface area contributed by atoms with Crippen LogP contribution in [0.2, 0.25) is 0 Å². The lowest BCUT2D eigenvalue weighted by Crippen LogP contribution is -2.27. The summed E-state index contributed by atoms with van der Waals surface area (Å²) >= 11 is 0. The summed E-state index contributed by atoms with van der Waals surface area (Å²) < 4.78 is 18.1. The SMILES string of the molecule is CNC1CCCC1c1nc(-c2ccc(F)cn2)no1. The quantitative estimate of drug-likeness (QED) is 0.918. The molecule has 0 amide bonds. The van der Waals surface area contributed by atoms with E-state index in [9.17, 15) is 4.39 Å². The van der Waals surface area contributed by atoms with E-state index in [0.717, 1.165) is 25.5 Å². The molecule has 19 heavy (non-hydrogen) atoms. The fourth-order valence-electron chi connectivity index (χ4n) is 2.60. The minimum Gasteiger partial charge on any atom is -0.339 e. The summed E-state index contributed by atoms with van der Waals surface area (Å²) in [6.45, 7) is 0. The van der Waals surface area contributed by atoms with Crippen LogP contribution in [-0.4, -0.2) is 28.2 Å². The van der Waals surface area contributed by atoms with Gasteiger partial charge in [-0.05, 0) is 32.0 Å². The largest absolute Gasteiger partial charge is 0.339 e. The molecule has 6 heteroatoms. The number of nitrogens with one attached hydrogen (secondary N) is 1. The fraction of sp³-hybridized carbons (Fsp3) is 0.462. The van der Waals surface area contributed by atoms with Crippen LogP contribution in [0, 0.1) is 5.82 Å². The van der Waals surface area contributed by atoms with Gasteiger partial charge < -0.3 is 9.84 Å². The van der Waals surface area contributed by atoms with Crippen LogP contribution >= 0.6 is 0 Å². The molecule has 0 radical (unpaired) electrons. The number of aromatic nitrogens is 3. The predicted molar refractivity (Wildman–Crippen MR) is 66.9 cm³/mol. The van der Waals surface area contributed by atoms with E-state index in [-0.39, 0.29) is 11.7 Å². The van der Waals surface area contributed by atoms with E-state index in [1.54, 1.807) is 6.07 Å². The van der Waals surface area contributed by atoms with E-state index in [4.69, 9.17) is 4.52 Å². The summed E-state index contributed by atoms with van der Waals surface area (Å²) in [4.78, 5) is 8.34. The van der Waals surface area contributed by atoms with Gasteiger partial charge in [0.1, 0.15) is 11.5 Å². The first-order chi connectivity index (χ1) is 9.28. The summed E-state index contributed by atoms with van der Waals surface area (Å²) in [6, 6.07) is 3.27. The van der Waals surface area contributed by atoms with Crippen molar-refractivity contribution in [1.82, 2.24) is 20.4 Å². The molecule has 1 N–H and O–H groups in total. The number of nitrogens with zero attached hydrogens (tertiary/aromatic N) is 3. The number of rotatable bonds is 3. The van der Waals surface area contributed by atoms with Crippen LogP contribution in [-0.2, 0) is 0 Å². The highest BCUT2D eigenvalue weighted by Crippen LogP contribution is 2.34. The van der Waals surface area contributed by atoms with Crippen molar-refractivity contribution in [2.24, 2.45) is 0 Å². The summed E-state index contributed by atoms with van der Waals surface area (Å²) in [7, 11) is 1.95. The number of pyridine rings is 1. The zero-order valence-corrected chi connectivity index (χ0v) is 10.6. The molecule has 1 saturated carbocycles. The molecule has 3 rings (SSSR count). The smallest absolute Gasteiger partial charge is 0.231 e. The Bertz CT molecular complexity index is 554. The molecule has 2 unspecified atom stereocenters. The van der Waals surface area contributed by atoms with Crippen molar-refractivity contribution in [1.29, 1.82) is 0 Å². The maximum atomic E-state index is 12.8. The highest BCUT2D eigenvalue weighted by atomic mass is 19.1. The third-order valence-corrected chi connectivity index (χ3v) is 3.60. The molecule has 1 fully saturated rings. The Morgan fingerprint density at radius 2 is 2.26 bits per heavy atom. The van der Waals surface area contributed by atoms with Crippen molar-refractivity contribution in [3.8, 4) is 11.5 Å². The van der Waals surface area contributed by atoms with Gasteiger partial charge in [0, 0.05) is 6.04 Å². The van der Waals surface area contributed by atoms with Crippen LogP contribution in [0.15, 0.2) is 22.9 Å². The molecule has 0 aromatic carbocycles. The first-order valence-electron chi connectivity index (χ1n) is 6.40. The summed E-state index contributed by atoms with van der Waals surface area (Å²) in [5.74, 6) is 0.930. The Kier molecular flexibility index (Phi) is 3.25. The van der Waals surface area contributed by atoms with Gasteiger partial charge in [0.2, 0.25) is 11.7 Å². The van der Waals surface area contributed by atoms with Crippen LogP contribution < -0.4 is 5.32 Å². The third-order valence-electron chi connectivity index (χ3n) is 3.60. The van der Waals surface area contributed by atoms with Crippen molar-refractivity contribution >= 4 is 0 Å². The van der Waals surface area contributed by atoms with E-state index >= 15 is 0 Å². The highest BCUT2D eigenvalue weighted by Gasteiger charge is 2.32. The van der Waals surface area contributed by atoms with Crippen molar-refractivity contribution in [3.63, 3.8) is 0 Å². The van der Waals surface area contributed by atoms with Crippen molar-refractivity contribution < 1.29 is 8.91 Å². The second kappa shape index (κ2) is 5.05. The van der Waals surface area contributed by atoms with Gasteiger partial charge in [0.25, 0.3) is 0 Å². The minimum atomic E-state index is -0.376.